The molecule has 13 nitrogen and oxygen atoms in total. The van der Waals surface area contributed by atoms with Crippen LogP contribution in [-0.2, 0) is 24.0 Å². The number of carbonyl (C=O) groups excluding carboxylic acids is 4. The van der Waals surface area contributed by atoms with E-state index >= 15 is 0 Å². The second-order valence-electron chi connectivity index (χ2n) is 14.0. The van der Waals surface area contributed by atoms with Crippen LogP contribution in [0.2, 0.25) is 0 Å². The first-order valence-corrected chi connectivity index (χ1v) is 20.0. The van der Waals surface area contributed by atoms with E-state index < -0.39 is 35.8 Å². The number of primary amides is 1. The summed E-state index contributed by atoms with van der Waals surface area (Å²) in [5, 5.41) is 29.5. The number of aliphatic carboxylic acids is 2. The Morgan fingerprint density at radius 3 is 1.55 bits per heavy atom. The van der Waals surface area contributed by atoms with Crippen molar-refractivity contribution >= 4 is 41.3 Å². The summed E-state index contributed by atoms with van der Waals surface area (Å²) >= 11 is 0. The number of amides is 4. The van der Waals surface area contributed by atoms with Crippen molar-refractivity contribution in [2.24, 2.45) is 5.73 Å². The van der Waals surface area contributed by atoms with E-state index in [0.717, 1.165) is 57.2 Å². The van der Waals surface area contributed by atoms with Crippen LogP contribution in [0.5, 0.6) is 0 Å². The summed E-state index contributed by atoms with van der Waals surface area (Å²) in [4.78, 5) is 71.5. The van der Waals surface area contributed by atoms with Gasteiger partial charge in [0.25, 0.3) is 5.91 Å². The third-order valence-corrected chi connectivity index (χ3v) is 9.18. The van der Waals surface area contributed by atoms with Gasteiger partial charge in [0.2, 0.25) is 17.7 Å². The van der Waals surface area contributed by atoms with E-state index in [9.17, 15) is 33.9 Å². The monoisotopic (exact) mass is 745 g/mol. The van der Waals surface area contributed by atoms with Crippen molar-refractivity contribution in [3.8, 4) is 0 Å². The first-order valence-electron chi connectivity index (χ1n) is 20.0. The standard InChI is InChI=1S/C40H67N5O8/c1-2-29-42-32-27-25-31(26-28-32)39(51)43-30-18-17-20-33(38(41)50)44-36(47)23-19-21-34(40(52)53)45-35(46)22-15-13-11-9-7-5-3-4-6-8-10-12-14-16-24-37(48)49/h25-28,33-34,42H,2-24,29-30H2,1H3,(H2,41,50)(H,43,51)(H,44,47)(H,45,46)(H,48,49)(H,52,53)/t33-,34-/m0/s1. The van der Waals surface area contributed by atoms with E-state index in [2.05, 4.69) is 28.2 Å². The largest absolute Gasteiger partial charge is 0.481 e. The maximum absolute atomic E-state index is 12.5. The molecule has 2 atom stereocenters. The predicted molar refractivity (Wildman–Crippen MR) is 207 cm³/mol. The lowest BCUT2D eigenvalue weighted by Gasteiger charge is -2.17. The molecule has 0 unspecified atom stereocenters. The summed E-state index contributed by atoms with van der Waals surface area (Å²) < 4.78 is 0. The molecule has 53 heavy (non-hydrogen) atoms. The molecule has 1 aromatic carbocycles. The summed E-state index contributed by atoms with van der Waals surface area (Å²) in [6.07, 6.45) is 18.4. The Morgan fingerprint density at radius 1 is 0.585 bits per heavy atom. The molecule has 0 aliphatic carbocycles. The zero-order valence-electron chi connectivity index (χ0n) is 32.1. The maximum atomic E-state index is 12.5. The van der Waals surface area contributed by atoms with Gasteiger partial charge in [0.1, 0.15) is 12.1 Å². The molecular weight excluding hydrogens is 678 g/mol. The summed E-state index contributed by atoms with van der Waals surface area (Å²) in [5.41, 5.74) is 7.00. The number of anilines is 1. The summed E-state index contributed by atoms with van der Waals surface area (Å²) in [6.45, 7) is 3.34. The highest BCUT2D eigenvalue weighted by atomic mass is 16.4. The van der Waals surface area contributed by atoms with E-state index in [1.54, 1.807) is 12.1 Å². The van der Waals surface area contributed by atoms with E-state index in [1.165, 1.54) is 44.9 Å². The minimum absolute atomic E-state index is 0.0115. The van der Waals surface area contributed by atoms with Crippen LogP contribution in [0.15, 0.2) is 24.3 Å². The number of benzene rings is 1. The first kappa shape index (κ1) is 46.9. The third kappa shape index (κ3) is 25.5. The molecule has 0 aromatic heterocycles. The SMILES string of the molecule is CCCNc1ccc(C(=O)NCCCC[C@H](NC(=O)CCC[C@H](NC(=O)CCCCCCCCCCCCCCCCC(=O)O)C(=O)O)C(N)=O)cc1. The van der Waals surface area contributed by atoms with Gasteiger partial charge >= 0.3 is 11.9 Å². The van der Waals surface area contributed by atoms with Crippen LogP contribution in [-0.4, -0.2) is 71.0 Å². The van der Waals surface area contributed by atoms with Crippen LogP contribution in [0.1, 0.15) is 165 Å². The van der Waals surface area contributed by atoms with Crippen LogP contribution in [0.3, 0.4) is 0 Å². The van der Waals surface area contributed by atoms with Gasteiger partial charge in [0.15, 0.2) is 0 Å². The molecule has 0 saturated carbocycles. The number of rotatable bonds is 34. The highest BCUT2D eigenvalue weighted by molar-refractivity contribution is 5.94. The van der Waals surface area contributed by atoms with Crippen molar-refractivity contribution in [3.05, 3.63) is 29.8 Å². The van der Waals surface area contributed by atoms with Gasteiger partial charge in [-0.2, -0.15) is 0 Å². The van der Waals surface area contributed by atoms with Gasteiger partial charge in [-0.25, -0.2) is 4.79 Å². The smallest absolute Gasteiger partial charge is 0.326 e. The molecule has 0 radical (unpaired) electrons. The number of nitrogens with one attached hydrogen (secondary N) is 4. The molecule has 0 aliphatic rings. The topological polar surface area (TPSA) is 217 Å². The summed E-state index contributed by atoms with van der Waals surface area (Å²) in [7, 11) is 0. The number of carboxylic acid groups (broad SMARTS) is 2. The number of hydrogen-bond donors (Lipinski definition) is 7. The molecule has 0 bridgehead atoms. The van der Waals surface area contributed by atoms with E-state index in [0.29, 0.717) is 37.8 Å². The van der Waals surface area contributed by atoms with Crippen molar-refractivity contribution in [2.45, 2.75) is 167 Å². The van der Waals surface area contributed by atoms with Gasteiger partial charge in [-0.3, -0.25) is 24.0 Å². The highest BCUT2D eigenvalue weighted by Gasteiger charge is 2.21. The fourth-order valence-electron chi connectivity index (χ4n) is 6.01. The Balaban J connectivity index is 2.14. The molecule has 0 aliphatic heterocycles. The molecule has 4 amide bonds. The summed E-state index contributed by atoms with van der Waals surface area (Å²) in [6, 6.07) is 5.27. The average Bonchev–Trinajstić information content (AvgIpc) is 3.12. The highest BCUT2D eigenvalue weighted by Crippen LogP contribution is 2.14. The Labute approximate surface area is 316 Å². The van der Waals surface area contributed by atoms with Crippen molar-refractivity contribution < 1.29 is 39.0 Å². The molecule has 0 saturated heterocycles. The van der Waals surface area contributed by atoms with E-state index in [-0.39, 0.29) is 43.9 Å². The van der Waals surface area contributed by atoms with Crippen LogP contribution in [0.25, 0.3) is 0 Å². The lowest BCUT2D eigenvalue weighted by molar-refractivity contribution is -0.142. The summed E-state index contributed by atoms with van der Waals surface area (Å²) in [5.74, 6) is -3.46. The molecule has 0 spiro atoms. The van der Waals surface area contributed by atoms with Crippen molar-refractivity contribution in [1.29, 1.82) is 0 Å². The van der Waals surface area contributed by atoms with Crippen LogP contribution in [0, 0.1) is 0 Å². The number of carboxylic acids is 2. The van der Waals surface area contributed by atoms with Crippen LogP contribution in [0.4, 0.5) is 5.69 Å². The Kier molecular flexibility index (Phi) is 26.8. The molecular formula is C40H67N5O8. The molecule has 8 N–H and O–H groups in total. The molecule has 0 heterocycles. The number of hydrogen-bond acceptors (Lipinski definition) is 7. The number of unbranched alkanes of at least 4 members (excludes halogenated alkanes) is 14. The lowest BCUT2D eigenvalue weighted by atomic mass is 10.0. The van der Waals surface area contributed by atoms with Gasteiger partial charge in [-0.1, -0.05) is 84.0 Å². The van der Waals surface area contributed by atoms with Crippen LogP contribution >= 0.6 is 0 Å². The number of nitrogens with two attached hydrogens (primary N) is 1. The molecule has 0 fully saturated rings. The Morgan fingerprint density at radius 2 is 1.06 bits per heavy atom. The van der Waals surface area contributed by atoms with E-state index in [1.807, 2.05) is 12.1 Å². The van der Waals surface area contributed by atoms with Gasteiger partial charge in [0, 0.05) is 43.6 Å². The average molecular weight is 746 g/mol. The lowest BCUT2D eigenvalue weighted by Crippen LogP contribution is -2.44. The minimum atomic E-state index is -1.16. The van der Waals surface area contributed by atoms with Gasteiger partial charge in [0.05, 0.1) is 0 Å². The quantitative estimate of drug-likeness (QED) is 0.0386. The zero-order valence-corrected chi connectivity index (χ0v) is 32.1. The Hall–Kier alpha value is -4.16. The van der Waals surface area contributed by atoms with Crippen molar-refractivity contribution in [3.63, 3.8) is 0 Å². The molecule has 1 aromatic rings. The second-order valence-corrected chi connectivity index (χ2v) is 14.0. The van der Waals surface area contributed by atoms with Gasteiger partial charge < -0.3 is 37.2 Å². The molecule has 300 valence electrons. The fraction of sp³-hybridized carbons (Fsp3) is 0.700. The van der Waals surface area contributed by atoms with Crippen molar-refractivity contribution in [1.82, 2.24) is 16.0 Å². The van der Waals surface area contributed by atoms with Crippen LogP contribution < -0.4 is 27.0 Å². The Bertz CT molecular complexity index is 1210. The normalized spacial score (nSPS) is 12.0. The predicted octanol–water partition coefficient (Wildman–Crippen LogP) is 6.44. The maximum Gasteiger partial charge on any atom is 0.326 e. The van der Waals surface area contributed by atoms with Gasteiger partial charge in [-0.15, -0.1) is 0 Å². The van der Waals surface area contributed by atoms with Crippen molar-refractivity contribution in [2.75, 3.05) is 18.4 Å². The minimum Gasteiger partial charge on any atom is -0.481 e. The molecule has 13 heteroatoms. The number of carbonyl (C=O) groups is 6. The fourth-order valence-corrected chi connectivity index (χ4v) is 6.01. The second kappa shape index (κ2) is 30.3. The third-order valence-electron chi connectivity index (χ3n) is 9.18. The van der Waals surface area contributed by atoms with E-state index in [4.69, 9.17) is 10.8 Å². The molecule has 1 rings (SSSR count). The van der Waals surface area contributed by atoms with Gasteiger partial charge in [-0.05, 0) is 75.6 Å². The first-order chi connectivity index (χ1) is 25.5. The zero-order chi connectivity index (χ0) is 39.1.